The Balaban J connectivity index is 1.41. The lowest BCUT2D eigenvalue weighted by molar-refractivity contribution is -0.123. The molecule has 0 N–H and O–H groups in total. The molecule has 150 valence electrons. The molecule has 29 heavy (non-hydrogen) atoms. The van der Waals surface area contributed by atoms with Gasteiger partial charge in [0.15, 0.2) is 5.52 Å². The first kappa shape index (κ1) is 18.3. The van der Waals surface area contributed by atoms with Gasteiger partial charge in [0, 0.05) is 25.3 Å². The summed E-state index contributed by atoms with van der Waals surface area (Å²) in [6, 6.07) is 12.7. The van der Waals surface area contributed by atoms with Gasteiger partial charge in [-0.25, -0.2) is 13.0 Å². The van der Waals surface area contributed by atoms with E-state index >= 15 is 0 Å². The molecule has 0 radical (unpaired) electrons. The highest BCUT2D eigenvalue weighted by Gasteiger charge is 2.37. The summed E-state index contributed by atoms with van der Waals surface area (Å²) < 4.78 is 32.7. The van der Waals surface area contributed by atoms with Crippen molar-refractivity contribution in [3.8, 4) is 0 Å². The van der Waals surface area contributed by atoms with Gasteiger partial charge in [-0.15, -0.1) is 0 Å². The summed E-state index contributed by atoms with van der Waals surface area (Å²) in [6.45, 7) is 1.19. The van der Waals surface area contributed by atoms with E-state index in [1.807, 2.05) is 24.3 Å². The van der Waals surface area contributed by atoms with Gasteiger partial charge in [0.05, 0.1) is 5.92 Å². The standard InChI is InChI=1S/C20H20N4O4S/c25-20(24-12-10-14-5-1-2-8-17(14)24)15-6-4-11-23(13-15)29(26,27)18-9-3-7-16-19(18)22-28-21-16/h1-3,5,7-9,15H,4,6,10-13H2. The molecular weight excluding hydrogens is 392 g/mol. The second-order valence-electron chi connectivity index (χ2n) is 7.46. The predicted octanol–water partition coefficient (Wildman–Crippen LogP) is 2.21. The second kappa shape index (κ2) is 6.93. The van der Waals surface area contributed by atoms with Crippen LogP contribution in [0.15, 0.2) is 52.0 Å². The van der Waals surface area contributed by atoms with Crippen molar-refractivity contribution in [2.75, 3.05) is 24.5 Å². The highest BCUT2D eigenvalue weighted by atomic mass is 32.2. The third-order valence-electron chi connectivity index (χ3n) is 5.75. The minimum Gasteiger partial charge on any atom is -0.312 e. The van der Waals surface area contributed by atoms with Crippen LogP contribution >= 0.6 is 0 Å². The number of fused-ring (bicyclic) bond motifs is 2. The Bertz CT molecular complexity index is 1190. The second-order valence-corrected chi connectivity index (χ2v) is 9.37. The molecule has 0 aliphatic carbocycles. The number of carbonyl (C=O) groups excluding carboxylic acids is 1. The van der Waals surface area contributed by atoms with Gasteiger partial charge in [0.2, 0.25) is 15.9 Å². The van der Waals surface area contributed by atoms with E-state index in [9.17, 15) is 13.2 Å². The molecule has 3 heterocycles. The normalized spacial score (nSPS) is 20.1. The predicted molar refractivity (Wildman–Crippen MR) is 106 cm³/mol. The highest BCUT2D eigenvalue weighted by Crippen LogP contribution is 2.32. The minimum atomic E-state index is -3.81. The molecule has 2 aromatic carbocycles. The van der Waals surface area contributed by atoms with Crippen molar-refractivity contribution in [2.24, 2.45) is 5.92 Å². The largest absolute Gasteiger partial charge is 0.312 e. The zero-order valence-corrected chi connectivity index (χ0v) is 16.5. The molecule has 1 unspecified atom stereocenters. The van der Waals surface area contributed by atoms with Gasteiger partial charge in [-0.05, 0) is 53.3 Å². The first-order chi connectivity index (χ1) is 14.1. The van der Waals surface area contributed by atoms with Crippen molar-refractivity contribution in [1.29, 1.82) is 0 Å². The number of rotatable bonds is 3. The van der Waals surface area contributed by atoms with Gasteiger partial charge < -0.3 is 4.90 Å². The van der Waals surface area contributed by atoms with E-state index in [1.165, 1.54) is 10.4 Å². The third kappa shape index (κ3) is 3.01. The van der Waals surface area contributed by atoms with E-state index in [2.05, 4.69) is 10.3 Å². The molecule has 1 aromatic heterocycles. The quantitative estimate of drug-likeness (QED) is 0.654. The van der Waals surface area contributed by atoms with Gasteiger partial charge in [-0.3, -0.25) is 4.79 Å². The van der Waals surface area contributed by atoms with Crippen LogP contribution in [0.4, 0.5) is 5.69 Å². The first-order valence-electron chi connectivity index (χ1n) is 9.66. The number of nitrogens with zero attached hydrogens (tertiary/aromatic N) is 4. The SMILES string of the molecule is O=C(C1CCCN(S(=O)(=O)c2cccc3nonc23)C1)N1CCc2ccccc21. The Morgan fingerprint density at radius 2 is 1.93 bits per heavy atom. The fourth-order valence-corrected chi connectivity index (χ4v) is 5.94. The number of carbonyl (C=O) groups is 1. The smallest absolute Gasteiger partial charge is 0.245 e. The van der Waals surface area contributed by atoms with Crippen LogP contribution in [0.1, 0.15) is 18.4 Å². The summed E-state index contributed by atoms with van der Waals surface area (Å²) in [5.41, 5.74) is 2.71. The van der Waals surface area contributed by atoms with Crippen LogP contribution in [0.25, 0.3) is 11.0 Å². The summed E-state index contributed by atoms with van der Waals surface area (Å²) in [5, 5.41) is 7.48. The number of hydrogen-bond acceptors (Lipinski definition) is 6. The van der Waals surface area contributed by atoms with Crippen molar-refractivity contribution in [3.63, 3.8) is 0 Å². The van der Waals surface area contributed by atoms with Crippen molar-refractivity contribution in [3.05, 3.63) is 48.0 Å². The van der Waals surface area contributed by atoms with E-state index in [0.29, 0.717) is 31.4 Å². The minimum absolute atomic E-state index is 0.00355. The molecule has 2 aliphatic rings. The Morgan fingerprint density at radius 3 is 2.83 bits per heavy atom. The Hall–Kier alpha value is -2.78. The van der Waals surface area contributed by atoms with Crippen LogP contribution in [0, 0.1) is 5.92 Å². The van der Waals surface area contributed by atoms with Gasteiger partial charge in [-0.2, -0.15) is 4.31 Å². The number of para-hydroxylation sites is 1. The molecule has 1 atom stereocenters. The van der Waals surface area contributed by atoms with Crippen molar-refractivity contribution in [1.82, 2.24) is 14.6 Å². The lowest BCUT2D eigenvalue weighted by Gasteiger charge is -2.33. The molecule has 1 amide bonds. The molecule has 8 nitrogen and oxygen atoms in total. The number of hydrogen-bond donors (Lipinski definition) is 0. The molecule has 5 rings (SSSR count). The zero-order chi connectivity index (χ0) is 20.0. The van der Waals surface area contributed by atoms with E-state index < -0.39 is 10.0 Å². The number of amides is 1. The number of aromatic nitrogens is 2. The maximum atomic E-state index is 13.3. The Labute approximate surface area is 168 Å². The summed E-state index contributed by atoms with van der Waals surface area (Å²) in [4.78, 5) is 15.1. The fourth-order valence-electron chi connectivity index (χ4n) is 4.28. The summed E-state index contributed by atoms with van der Waals surface area (Å²) in [7, 11) is -3.81. The fraction of sp³-hybridized carbons (Fsp3) is 0.350. The van der Waals surface area contributed by atoms with Crippen molar-refractivity contribution >= 4 is 32.7 Å². The summed E-state index contributed by atoms with van der Waals surface area (Å²) in [6.07, 6.45) is 2.15. The number of benzene rings is 2. The van der Waals surface area contributed by atoms with Gasteiger partial charge >= 0.3 is 0 Å². The molecule has 3 aromatic rings. The monoisotopic (exact) mass is 412 g/mol. The highest BCUT2D eigenvalue weighted by molar-refractivity contribution is 7.89. The Morgan fingerprint density at radius 1 is 1.07 bits per heavy atom. The van der Waals surface area contributed by atoms with Crippen LogP contribution in [-0.2, 0) is 21.2 Å². The molecule has 9 heteroatoms. The zero-order valence-electron chi connectivity index (χ0n) is 15.7. The van der Waals surface area contributed by atoms with Gasteiger partial charge in [-0.1, -0.05) is 24.3 Å². The van der Waals surface area contributed by atoms with Crippen LogP contribution < -0.4 is 4.90 Å². The lowest BCUT2D eigenvalue weighted by atomic mass is 9.98. The molecule has 1 saturated heterocycles. The van der Waals surface area contributed by atoms with Gasteiger partial charge in [0.25, 0.3) is 0 Å². The molecule has 2 aliphatic heterocycles. The molecule has 0 spiro atoms. The molecule has 0 saturated carbocycles. The van der Waals surface area contributed by atoms with Crippen molar-refractivity contribution in [2.45, 2.75) is 24.2 Å². The average Bonchev–Trinajstić information content (AvgIpc) is 3.40. The van der Waals surface area contributed by atoms with Crippen LogP contribution in [0.2, 0.25) is 0 Å². The molecule has 1 fully saturated rings. The first-order valence-corrected chi connectivity index (χ1v) is 11.1. The topological polar surface area (TPSA) is 96.6 Å². The number of piperidine rings is 1. The maximum Gasteiger partial charge on any atom is 0.245 e. The van der Waals surface area contributed by atoms with Crippen LogP contribution in [0.3, 0.4) is 0 Å². The van der Waals surface area contributed by atoms with Crippen LogP contribution in [-0.4, -0.2) is 48.6 Å². The van der Waals surface area contributed by atoms with Crippen LogP contribution in [0.5, 0.6) is 0 Å². The van der Waals surface area contributed by atoms with Crippen molar-refractivity contribution < 1.29 is 17.8 Å². The lowest BCUT2D eigenvalue weighted by Crippen LogP contribution is -2.46. The maximum absolute atomic E-state index is 13.3. The summed E-state index contributed by atoms with van der Waals surface area (Å²) in [5.74, 6) is -0.365. The average molecular weight is 412 g/mol. The van der Waals surface area contributed by atoms with Gasteiger partial charge in [0.1, 0.15) is 10.4 Å². The van der Waals surface area contributed by atoms with E-state index in [4.69, 9.17) is 4.63 Å². The van der Waals surface area contributed by atoms with E-state index in [1.54, 1.807) is 17.0 Å². The number of sulfonamides is 1. The van der Waals surface area contributed by atoms with E-state index in [-0.39, 0.29) is 28.8 Å². The number of anilines is 1. The molecular formula is C20H20N4O4S. The Kier molecular flexibility index (Phi) is 4.36. The summed E-state index contributed by atoms with van der Waals surface area (Å²) >= 11 is 0. The molecule has 0 bridgehead atoms. The van der Waals surface area contributed by atoms with E-state index in [0.717, 1.165) is 17.7 Å². The third-order valence-corrected chi connectivity index (χ3v) is 7.65.